The van der Waals surface area contributed by atoms with E-state index >= 15 is 0 Å². The van der Waals surface area contributed by atoms with Crippen molar-refractivity contribution < 1.29 is 89.0 Å². The summed E-state index contributed by atoms with van der Waals surface area (Å²) in [6.07, 6.45) is -11.4. The van der Waals surface area contributed by atoms with E-state index in [0.717, 1.165) is 34.3 Å². The van der Waals surface area contributed by atoms with Crippen LogP contribution in [0.3, 0.4) is 0 Å². The second-order valence-corrected chi connectivity index (χ2v) is 14.3. The number of carbonyl (C=O) groups excluding carboxylic acids is 2. The normalized spacial score (nSPS) is 19.2. The Hall–Kier alpha value is -2.75. The number of carbonyl (C=O) groups is 2. The van der Waals surface area contributed by atoms with Crippen molar-refractivity contribution in [3.63, 3.8) is 0 Å². The molecule has 1 aromatic rings. The molecule has 1 fully saturated rings. The van der Waals surface area contributed by atoms with Crippen molar-refractivity contribution in [2.45, 2.75) is 118 Å². The van der Waals surface area contributed by atoms with E-state index in [1.165, 1.54) is 0 Å². The Kier molecular flexibility index (Phi) is 12.1. The SMILES string of the molecule is CC(C)(CCC(F)(F)C(F)(F)C(F)(F)C(F)(F)C(F)(F)C(F)(F)C(F)(F)C(F)(F)F)OC(=O)N1CCC(C(=O)N[C@H]2CCc3cc(Br)ccc3C2)CC1. The van der Waals surface area contributed by atoms with Crippen molar-refractivity contribution in [3.05, 3.63) is 33.8 Å². The van der Waals surface area contributed by atoms with Crippen LogP contribution in [0, 0.1) is 5.92 Å². The molecule has 1 N–H and O–H groups in total. The molecular weight excluding hydrogens is 839 g/mol. The van der Waals surface area contributed by atoms with Crippen LogP contribution in [-0.2, 0) is 22.4 Å². The first-order chi connectivity index (χ1) is 23.7. The lowest BCUT2D eigenvalue weighted by Crippen LogP contribution is -2.74. The molecule has 53 heavy (non-hydrogen) atoms. The molecule has 1 aromatic carbocycles. The molecule has 0 unspecified atom stereocenters. The summed E-state index contributed by atoms with van der Waals surface area (Å²) in [5.41, 5.74) is -0.167. The maximum absolute atomic E-state index is 14.4. The largest absolute Gasteiger partial charge is 0.460 e. The molecule has 23 heteroatoms. The van der Waals surface area contributed by atoms with Crippen LogP contribution in [0.15, 0.2) is 22.7 Å². The second kappa shape index (κ2) is 14.4. The number of hydrogen-bond donors (Lipinski definition) is 1. The molecule has 5 nitrogen and oxygen atoms in total. The number of benzene rings is 1. The zero-order chi connectivity index (χ0) is 41.0. The van der Waals surface area contributed by atoms with Crippen LogP contribution in [0.4, 0.5) is 79.4 Å². The minimum Gasteiger partial charge on any atom is -0.443 e. The number of likely N-dealkylation sites (tertiary alicyclic amines) is 1. The van der Waals surface area contributed by atoms with Crippen molar-refractivity contribution in [1.29, 1.82) is 0 Å². The van der Waals surface area contributed by atoms with Gasteiger partial charge < -0.3 is 15.0 Å². The first-order valence-electron chi connectivity index (χ1n) is 15.4. The molecule has 0 spiro atoms. The monoisotopic (exact) mass is 868 g/mol. The number of hydrogen-bond acceptors (Lipinski definition) is 3. The molecule has 1 heterocycles. The molecule has 2 aliphatic rings. The summed E-state index contributed by atoms with van der Waals surface area (Å²) >= 11 is 3.39. The maximum atomic E-state index is 14.4. The Labute approximate surface area is 298 Å². The molecule has 3 rings (SSSR count). The summed E-state index contributed by atoms with van der Waals surface area (Å²) in [4.78, 5) is 26.5. The van der Waals surface area contributed by atoms with Gasteiger partial charge in [0, 0.05) is 35.9 Å². The fraction of sp³-hybridized carbons (Fsp3) is 0.733. The number of aryl methyl sites for hydroxylation is 1. The van der Waals surface area contributed by atoms with E-state index in [4.69, 9.17) is 4.74 Å². The average molecular weight is 869 g/mol. The predicted molar refractivity (Wildman–Crippen MR) is 153 cm³/mol. The molecule has 304 valence electrons. The van der Waals surface area contributed by atoms with Gasteiger partial charge in [-0.3, -0.25) is 4.79 Å². The highest BCUT2D eigenvalue weighted by Crippen LogP contribution is 2.64. The quantitative estimate of drug-likeness (QED) is 0.213. The van der Waals surface area contributed by atoms with Crippen LogP contribution >= 0.6 is 15.9 Å². The molecule has 0 saturated carbocycles. The summed E-state index contributed by atoms with van der Waals surface area (Å²) in [5, 5.41) is 2.94. The fourth-order valence-corrected chi connectivity index (χ4v) is 6.06. The van der Waals surface area contributed by atoms with Crippen molar-refractivity contribution >= 4 is 27.9 Å². The van der Waals surface area contributed by atoms with Gasteiger partial charge in [0.05, 0.1) is 0 Å². The van der Waals surface area contributed by atoms with Crippen LogP contribution in [0.25, 0.3) is 0 Å². The zero-order valence-corrected chi connectivity index (χ0v) is 28.8. The molecule has 1 saturated heterocycles. The number of nitrogens with one attached hydrogen (secondary N) is 1. The number of piperidine rings is 1. The number of halogens is 18. The molecule has 1 atom stereocenters. The van der Waals surface area contributed by atoms with E-state index in [1.807, 2.05) is 18.2 Å². The van der Waals surface area contributed by atoms with Gasteiger partial charge in [-0.2, -0.15) is 74.6 Å². The highest BCUT2D eigenvalue weighted by Gasteiger charge is 2.95. The van der Waals surface area contributed by atoms with Crippen molar-refractivity contribution in [3.8, 4) is 0 Å². The Morgan fingerprint density at radius 1 is 0.717 bits per heavy atom. The first-order valence-corrected chi connectivity index (χ1v) is 16.2. The van der Waals surface area contributed by atoms with E-state index in [1.54, 1.807) is 0 Å². The summed E-state index contributed by atoms with van der Waals surface area (Å²) in [7, 11) is 0. The van der Waals surface area contributed by atoms with E-state index in [0.29, 0.717) is 19.3 Å². The molecule has 1 aliphatic carbocycles. The highest BCUT2D eigenvalue weighted by atomic mass is 79.9. The van der Waals surface area contributed by atoms with Gasteiger partial charge in [-0.05, 0) is 75.6 Å². The third kappa shape index (κ3) is 8.14. The van der Waals surface area contributed by atoms with E-state index in [9.17, 15) is 84.2 Å². The number of amides is 2. The topological polar surface area (TPSA) is 58.6 Å². The van der Waals surface area contributed by atoms with Crippen LogP contribution in [-0.4, -0.2) is 89.3 Å². The van der Waals surface area contributed by atoms with Gasteiger partial charge in [0.1, 0.15) is 5.60 Å². The number of fused-ring (bicyclic) bond motifs is 1. The standard InChI is InChI=1S/C30H30BrF17N2O3/c1-22(2,53-21(52)50-11-7-15(8-12-50)20(51)49-19-6-4-16-13-18(31)5-3-17(16)14-19)9-10-23(32,33)24(34,35)25(36,37)26(38,39)27(40,41)28(42,43)29(44,45)30(46,47)48/h3,5,13,15,19H,4,6-12,14H2,1-2H3,(H,49,51)/t19-/m0/s1. The van der Waals surface area contributed by atoms with Crippen molar-refractivity contribution in [1.82, 2.24) is 10.2 Å². The highest BCUT2D eigenvalue weighted by molar-refractivity contribution is 9.10. The third-order valence-electron chi connectivity index (χ3n) is 9.06. The molecule has 2 amide bonds. The average Bonchev–Trinajstić information content (AvgIpc) is 3.02. The smallest absolute Gasteiger partial charge is 0.443 e. The lowest BCUT2D eigenvalue weighted by Gasteiger charge is -2.43. The van der Waals surface area contributed by atoms with Crippen molar-refractivity contribution in [2.24, 2.45) is 5.92 Å². The lowest BCUT2D eigenvalue weighted by molar-refractivity contribution is -0.462. The minimum absolute atomic E-state index is 0.0732. The van der Waals surface area contributed by atoms with Gasteiger partial charge in [0.25, 0.3) is 0 Å². The third-order valence-corrected chi connectivity index (χ3v) is 9.55. The van der Waals surface area contributed by atoms with E-state index < -0.39 is 78.1 Å². The predicted octanol–water partition coefficient (Wildman–Crippen LogP) is 9.84. The lowest BCUT2D eigenvalue weighted by atomic mass is 9.87. The number of alkyl halides is 17. The first kappa shape index (κ1) is 44.6. The molecule has 0 radical (unpaired) electrons. The van der Waals surface area contributed by atoms with Crippen LogP contribution in [0.2, 0.25) is 0 Å². The summed E-state index contributed by atoms with van der Waals surface area (Å²) < 4.78 is 236. The number of rotatable bonds is 12. The summed E-state index contributed by atoms with van der Waals surface area (Å²) in [6.45, 7) is 1.16. The summed E-state index contributed by atoms with van der Waals surface area (Å²) in [5.74, 6) is -57.9. The molecular formula is C30H30BrF17N2O3. The summed E-state index contributed by atoms with van der Waals surface area (Å²) in [6, 6.07) is 5.58. The van der Waals surface area contributed by atoms with Gasteiger partial charge in [0.2, 0.25) is 5.91 Å². The van der Waals surface area contributed by atoms with Crippen LogP contribution in [0.5, 0.6) is 0 Å². The van der Waals surface area contributed by atoms with Crippen LogP contribution in [0.1, 0.15) is 57.1 Å². The van der Waals surface area contributed by atoms with Gasteiger partial charge >= 0.3 is 53.7 Å². The second-order valence-electron chi connectivity index (χ2n) is 13.4. The Morgan fingerprint density at radius 3 is 1.72 bits per heavy atom. The Morgan fingerprint density at radius 2 is 1.21 bits per heavy atom. The fourth-order valence-electron chi connectivity index (χ4n) is 5.65. The zero-order valence-electron chi connectivity index (χ0n) is 27.2. The Balaban J connectivity index is 1.61. The minimum atomic E-state index is -8.70. The molecule has 0 aromatic heterocycles. The van der Waals surface area contributed by atoms with Gasteiger partial charge in [-0.1, -0.05) is 22.0 Å². The van der Waals surface area contributed by atoms with Gasteiger partial charge in [-0.15, -0.1) is 0 Å². The Bertz CT molecular complexity index is 1510. The van der Waals surface area contributed by atoms with E-state index in [-0.39, 0.29) is 37.9 Å². The molecule has 0 bridgehead atoms. The van der Waals surface area contributed by atoms with Gasteiger partial charge in [-0.25, -0.2) is 4.79 Å². The number of ether oxygens (including phenoxy) is 1. The van der Waals surface area contributed by atoms with Crippen molar-refractivity contribution in [2.75, 3.05) is 13.1 Å². The van der Waals surface area contributed by atoms with Gasteiger partial charge in [0.15, 0.2) is 0 Å². The molecule has 1 aliphatic heterocycles. The maximum Gasteiger partial charge on any atom is 0.460 e. The number of nitrogens with zero attached hydrogens (tertiary/aromatic N) is 1. The van der Waals surface area contributed by atoms with E-state index in [2.05, 4.69) is 21.2 Å². The van der Waals surface area contributed by atoms with Crippen LogP contribution < -0.4 is 5.32 Å².